The van der Waals surface area contributed by atoms with Gasteiger partial charge in [-0.3, -0.25) is 28.8 Å². The molecule has 0 N–H and O–H groups in total. The van der Waals surface area contributed by atoms with Crippen LogP contribution in [0.4, 0.5) is 8.78 Å². The molecule has 5 heterocycles. The Morgan fingerprint density at radius 2 is 1.20 bits per heavy atom. The number of aromatic nitrogens is 8. The fraction of sp³-hybridized carbons (Fsp3) is 0.235. The molecule has 0 aliphatic heterocycles. The molecule has 6 aromatic rings. The Bertz CT molecular complexity index is 1730. The van der Waals surface area contributed by atoms with E-state index in [9.17, 15) is 8.78 Å². The SMILES string of the molecule is CC(C)(C)c1cc(-c2cccc(-c3nc(C(C)(C)C)n[n-]3)n2)[n-]n1.Fc1cc(F)c(-c2ccccn2)[c-]c1-c1ccccn1.[Ir+3]. The molecule has 5 aromatic heterocycles. The van der Waals surface area contributed by atoms with Crippen LogP contribution >= 0.6 is 0 Å². The van der Waals surface area contributed by atoms with Crippen LogP contribution in [0.1, 0.15) is 53.1 Å². The monoisotopic (exact) mass is 782 g/mol. The molecule has 0 aliphatic carbocycles. The van der Waals surface area contributed by atoms with Gasteiger partial charge in [-0.05, 0) is 30.1 Å². The van der Waals surface area contributed by atoms with E-state index < -0.39 is 11.6 Å². The fourth-order valence-corrected chi connectivity index (χ4v) is 4.05. The molecule has 8 nitrogen and oxygen atoms in total. The van der Waals surface area contributed by atoms with Gasteiger partial charge in [-0.2, -0.15) is 0 Å². The average molecular weight is 782 g/mol. The average Bonchev–Trinajstić information content (AvgIpc) is 3.70. The first-order valence-corrected chi connectivity index (χ1v) is 14.0. The Kier molecular flexibility index (Phi) is 10.1. The third-order valence-corrected chi connectivity index (χ3v) is 6.49. The Morgan fingerprint density at radius 1 is 0.622 bits per heavy atom. The molecule has 11 heteroatoms. The first kappa shape index (κ1) is 33.4. The summed E-state index contributed by atoms with van der Waals surface area (Å²) in [4.78, 5) is 17.3. The van der Waals surface area contributed by atoms with Gasteiger partial charge >= 0.3 is 20.1 Å². The van der Waals surface area contributed by atoms with Gasteiger partial charge in [-0.15, -0.1) is 6.07 Å². The molecule has 0 unspecified atom stereocenters. The molecule has 0 fully saturated rings. The zero-order valence-corrected chi connectivity index (χ0v) is 28.1. The van der Waals surface area contributed by atoms with Gasteiger partial charge in [0.2, 0.25) is 0 Å². The van der Waals surface area contributed by atoms with Crippen molar-refractivity contribution in [1.82, 2.24) is 40.3 Å². The predicted octanol–water partition coefficient (Wildman–Crippen LogP) is 7.00. The van der Waals surface area contributed by atoms with Crippen LogP contribution < -0.4 is 10.2 Å². The standard InChI is InChI=1S/C18H22N6.C16H9F2N2.Ir/c1-17(2,3)14-10-13(21-22-14)11-8-7-9-12(19-11)15-20-16(24-23-15)18(4,5)6;17-13-10-14(18)12(16-6-2-4-8-20-16)9-11(13)15-5-1-3-7-19-15;/h7-10H,1-6H3;1-8,10H;/q-2;-1;+3. The number of hydrogen-bond acceptors (Lipinski definition) is 6. The Labute approximate surface area is 274 Å². The van der Waals surface area contributed by atoms with Gasteiger partial charge in [0, 0.05) is 46.1 Å². The van der Waals surface area contributed by atoms with Gasteiger partial charge in [0.05, 0.1) is 23.0 Å². The molecule has 0 bridgehead atoms. The van der Waals surface area contributed by atoms with E-state index in [1.54, 1.807) is 48.8 Å². The van der Waals surface area contributed by atoms with Gasteiger partial charge in [0.25, 0.3) is 0 Å². The summed E-state index contributed by atoms with van der Waals surface area (Å²) in [5.74, 6) is -0.132. The minimum absolute atomic E-state index is 0. The normalized spacial score (nSPS) is 11.4. The van der Waals surface area contributed by atoms with Crippen LogP contribution in [0, 0.1) is 17.7 Å². The van der Waals surface area contributed by atoms with Crippen molar-refractivity contribution in [2.24, 2.45) is 0 Å². The second-order valence-corrected chi connectivity index (χ2v) is 12.1. The van der Waals surface area contributed by atoms with E-state index in [1.165, 1.54) is 0 Å². The maximum atomic E-state index is 13.9. The maximum absolute atomic E-state index is 13.9. The second kappa shape index (κ2) is 13.7. The molecular weight excluding hydrogens is 751 g/mol. The third kappa shape index (κ3) is 7.98. The summed E-state index contributed by atoms with van der Waals surface area (Å²) >= 11 is 0. The number of nitrogens with zero attached hydrogens (tertiary/aromatic N) is 8. The molecule has 45 heavy (non-hydrogen) atoms. The first-order valence-electron chi connectivity index (χ1n) is 14.0. The van der Waals surface area contributed by atoms with Gasteiger partial charge in [-0.1, -0.05) is 101 Å². The number of hydrogen-bond donors (Lipinski definition) is 0. The van der Waals surface area contributed by atoms with E-state index in [4.69, 9.17) is 0 Å². The zero-order chi connectivity index (χ0) is 31.5. The second-order valence-electron chi connectivity index (χ2n) is 12.1. The van der Waals surface area contributed by atoms with E-state index in [0.717, 1.165) is 23.1 Å². The Hall–Kier alpha value is -4.47. The zero-order valence-electron chi connectivity index (χ0n) is 25.7. The molecular formula is C34H31F2IrN8. The summed E-state index contributed by atoms with van der Waals surface area (Å²) in [5.41, 5.74) is 4.06. The summed E-state index contributed by atoms with van der Waals surface area (Å²) in [6, 6.07) is 21.5. The topological polar surface area (TPSA) is 106 Å². The summed E-state index contributed by atoms with van der Waals surface area (Å²) < 4.78 is 27.8. The van der Waals surface area contributed by atoms with Crippen molar-refractivity contribution in [2.45, 2.75) is 52.4 Å². The molecule has 0 radical (unpaired) electrons. The van der Waals surface area contributed by atoms with Gasteiger partial charge in [-0.25, -0.2) is 0 Å². The fourth-order valence-electron chi connectivity index (χ4n) is 4.05. The number of pyridine rings is 3. The van der Waals surface area contributed by atoms with Crippen LogP contribution in [-0.4, -0.2) is 30.1 Å². The van der Waals surface area contributed by atoms with E-state index in [1.807, 2.05) is 24.3 Å². The molecule has 0 amide bonds. The van der Waals surface area contributed by atoms with E-state index in [-0.39, 0.29) is 42.1 Å². The van der Waals surface area contributed by atoms with E-state index >= 15 is 0 Å². The third-order valence-electron chi connectivity index (χ3n) is 6.49. The summed E-state index contributed by atoms with van der Waals surface area (Å²) in [6.07, 6.45) is 3.10. The minimum Gasteiger partial charge on any atom is -0.573 e. The molecule has 1 aromatic carbocycles. The Morgan fingerprint density at radius 3 is 1.69 bits per heavy atom. The van der Waals surface area contributed by atoms with Gasteiger partial charge in [0.15, 0.2) is 0 Å². The summed E-state index contributed by atoms with van der Waals surface area (Å²) in [6.45, 7) is 12.5. The van der Waals surface area contributed by atoms with Gasteiger partial charge in [0.1, 0.15) is 0 Å². The molecule has 0 saturated heterocycles. The van der Waals surface area contributed by atoms with Crippen molar-refractivity contribution < 1.29 is 28.9 Å². The number of rotatable bonds is 4. The molecule has 230 valence electrons. The predicted molar refractivity (Wildman–Crippen MR) is 164 cm³/mol. The molecule has 0 atom stereocenters. The molecule has 0 aliphatic rings. The first-order chi connectivity index (χ1) is 20.9. The summed E-state index contributed by atoms with van der Waals surface area (Å²) in [7, 11) is 0. The number of benzene rings is 1. The van der Waals surface area contributed by atoms with E-state index in [0.29, 0.717) is 28.7 Å². The van der Waals surface area contributed by atoms with Crippen molar-refractivity contribution in [2.75, 3.05) is 0 Å². The van der Waals surface area contributed by atoms with Crippen LogP contribution in [0.5, 0.6) is 0 Å². The van der Waals surface area contributed by atoms with Crippen LogP contribution in [0.25, 0.3) is 45.4 Å². The molecule has 6 rings (SSSR count). The van der Waals surface area contributed by atoms with Crippen LogP contribution in [0.3, 0.4) is 0 Å². The van der Waals surface area contributed by atoms with Crippen molar-refractivity contribution in [1.29, 1.82) is 0 Å². The maximum Gasteiger partial charge on any atom is 3.00 e. The minimum atomic E-state index is -0.694. The Balaban J connectivity index is 0.000000203. The largest absolute Gasteiger partial charge is 3.00 e. The van der Waals surface area contributed by atoms with Crippen LogP contribution in [-0.2, 0) is 30.9 Å². The van der Waals surface area contributed by atoms with Crippen molar-refractivity contribution in [3.8, 4) is 45.4 Å². The van der Waals surface area contributed by atoms with Crippen LogP contribution in [0.2, 0.25) is 0 Å². The van der Waals surface area contributed by atoms with Crippen molar-refractivity contribution in [3.05, 3.63) is 108 Å². The van der Waals surface area contributed by atoms with Crippen molar-refractivity contribution >= 4 is 0 Å². The van der Waals surface area contributed by atoms with Crippen molar-refractivity contribution in [3.63, 3.8) is 0 Å². The smallest absolute Gasteiger partial charge is 0.573 e. The van der Waals surface area contributed by atoms with Gasteiger partial charge < -0.3 is 20.3 Å². The quantitative estimate of drug-likeness (QED) is 0.176. The molecule has 0 spiro atoms. The van der Waals surface area contributed by atoms with Crippen LogP contribution in [0.15, 0.2) is 79.1 Å². The number of halogens is 2. The summed E-state index contributed by atoms with van der Waals surface area (Å²) in [5, 5.41) is 16.9. The van der Waals surface area contributed by atoms with E-state index in [2.05, 4.69) is 87.9 Å². The molecule has 0 saturated carbocycles.